The van der Waals surface area contributed by atoms with Gasteiger partial charge in [0.05, 0.1) is 13.2 Å². The zero-order valence-corrected chi connectivity index (χ0v) is 24.0. The highest BCUT2D eigenvalue weighted by molar-refractivity contribution is 9.10. The molecule has 0 fully saturated rings. The minimum atomic E-state index is -1.30. The van der Waals surface area contributed by atoms with Crippen LogP contribution < -0.4 is 14.3 Å². The summed E-state index contributed by atoms with van der Waals surface area (Å²) in [5, 5.41) is 20.9. The van der Waals surface area contributed by atoms with Crippen molar-refractivity contribution >= 4 is 50.5 Å². The SMILES string of the molecule is CCCCOc1ccc(-c2cccs2)cc1.CCCCOc1ccc(Br)cc1.OB(O)c1cccs1. The maximum Gasteiger partial charge on any atom is 0.499 e. The van der Waals surface area contributed by atoms with Crippen molar-refractivity contribution in [2.45, 2.75) is 39.5 Å². The smallest absolute Gasteiger partial charge is 0.494 e. The third-order valence-electron chi connectivity index (χ3n) is 4.80. The molecule has 0 amide bonds. The van der Waals surface area contributed by atoms with E-state index in [4.69, 9.17) is 19.5 Å². The molecule has 4 rings (SSSR count). The van der Waals surface area contributed by atoms with Crippen LogP contribution in [0.15, 0.2) is 88.0 Å². The fourth-order valence-corrected chi connectivity index (χ4v) is 4.39. The Morgan fingerprint density at radius 3 is 1.67 bits per heavy atom. The molecule has 0 saturated carbocycles. The molecule has 4 nitrogen and oxygen atoms in total. The first kappa shape index (κ1) is 30.1. The summed E-state index contributed by atoms with van der Waals surface area (Å²) in [6.07, 6.45) is 4.59. The van der Waals surface area contributed by atoms with E-state index in [1.54, 1.807) is 28.8 Å². The van der Waals surface area contributed by atoms with E-state index in [0.29, 0.717) is 4.78 Å². The molecule has 36 heavy (non-hydrogen) atoms. The number of unbranched alkanes of at least 4 members (excludes halogenated alkanes) is 2. The highest BCUT2D eigenvalue weighted by Gasteiger charge is 2.09. The number of hydrogen-bond donors (Lipinski definition) is 2. The summed E-state index contributed by atoms with van der Waals surface area (Å²) >= 11 is 6.47. The topological polar surface area (TPSA) is 58.9 Å². The van der Waals surface area contributed by atoms with Gasteiger partial charge in [0.25, 0.3) is 0 Å². The first-order valence-electron chi connectivity index (χ1n) is 12.1. The molecule has 0 aliphatic heterocycles. The van der Waals surface area contributed by atoms with Crippen molar-refractivity contribution in [3.8, 4) is 21.9 Å². The molecule has 0 spiro atoms. The van der Waals surface area contributed by atoms with Gasteiger partial charge in [0, 0.05) is 14.1 Å². The van der Waals surface area contributed by atoms with E-state index < -0.39 is 7.12 Å². The van der Waals surface area contributed by atoms with Crippen LogP contribution in [-0.4, -0.2) is 30.4 Å². The van der Waals surface area contributed by atoms with Crippen molar-refractivity contribution in [3.05, 3.63) is 88.0 Å². The molecule has 2 N–H and O–H groups in total. The number of ether oxygens (including phenoxy) is 2. The van der Waals surface area contributed by atoms with Crippen molar-refractivity contribution < 1.29 is 19.5 Å². The molecule has 2 aromatic heterocycles. The predicted octanol–water partition coefficient (Wildman–Crippen LogP) is 7.65. The van der Waals surface area contributed by atoms with Gasteiger partial charge in [-0.3, -0.25) is 0 Å². The lowest BCUT2D eigenvalue weighted by Gasteiger charge is -2.05. The second kappa shape index (κ2) is 18.2. The normalized spacial score (nSPS) is 9.92. The van der Waals surface area contributed by atoms with Gasteiger partial charge < -0.3 is 19.5 Å². The summed E-state index contributed by atoms with van der Waals surface area (Å²) in [7, 11) is -1.30. The lowest BCUT2D eigenvalue weighted by Crippen LogP contribution is -2.26. The van der Waals surface area contributed by atoms with E-state index in [1.807, 2.05) is 36.4 Å². The monoisotopic (exact) mass is 588 g/mol. The van der Waals surface area contributed by atoms with Gasteiger partial charge in [-0.1, -0.05) is 60.8 Å². The van der Waals surface area contributed by atoms with Crippen LogP contribution in [0.25, 0.3) is 10.4 Å². The highest BCUT2D eigenvalue weighted by atomic mass is 79.9. The van der Waals surface area contributed by atoms with Crippen molar-refractivity contribution in [2.24, 2.45) is 0 Å². The van der Waals surface area contributed by atoms with Crippen LogP contribution in [0.1, 0.15) is 39.5 Å². The maximum absolute atomic E-state index is 8.48. The number of hydrogen-bond acceptors (Lipinski definition) is 6. The molecule has 0 saturated heterocycles. The van der Waals surface area contributed by atoms with Crippen molar-refractivity contribution in [3.63, 3.8) is 0 Å². The van der Waals surface area contributed by atoms with Gasteiger partial charge >= 0.3 is 7.12 Å². The Morgan fingerprint density at radius 1 is 0.722 bits per heavy atom. The molecule has 4 aromatic rings. The second-order valence-electron chi connectivity index (χ2n) is 7.75. The molecule has 192 valence electrons. The Bertz CT molecular complexity index is 1040. The molecule has 0 bridgehead atoms. The number of benzene rings is 2. The van der Waals surface area contributed by atoms with Crippen LogP contribution in [0.3, 0.4) is 0 Å². The molecule has 2 aromatic carbocycles. The van der Waals surface area contributed by atoms with Gasteiger partial charge in [0.1, 0.15) is 11.5 Å². The molecular weight excluding hydrogens is 555 g/mol. The van der Waals surface area contributed by atoms with Crippen LogP contribution in [0.4, 0.5) is 0 Å². The van der Waals surface area contributed by atoms with Gasteiger partial charge in [-0.05, 0) is 83.8 Å². The maximum atomic E-state index is 8.48. The van der Waals surface area contributed by atoms with Crippen molar-refractivity contribution in [2.75, 3.05) is 13.2 Å². The fraction of sp³-hybridized carbons (Fsp3) is 0.286. The highest BCUT2D eigenvalue weighted by Crippen LogP contribution is 2.26. The molecule has 0 unspecified atom stereocenters. The van der Waals surface area contributed by atoms with Gasteiger partial charge in [0.15, 0.2) is 0 Å². The van der Waals surface area contributed by atoms with Crippen LogP contribution in [0.5, 0.6) is 11.5 Å². The summed E-state index contributed by atoms with van der Waals surface area (Å²) in [6, 6.07) is 23.9. The van der Waals surface area contributed by atoms with E-state index in [1.165, 1.54) is 34.6 Å². The van der Waals surface area contributed by atoms with Crippen LogP contribution in [0, 0.1) is 0 Å². The Balaban J connectivity index is 0.000000202. The van der Waals surface area contributed by atoms with E-state index in [9.17, 15) is 0 Å². The summed E-state index contributed by atoms with van der Waals surface area (Å²) in [6.45, 7) is 5.96. The first-order valence-corrected chi connectivity index (χ1v) is 14.6. The molecule has 0 radical (unpaired) electrons. The quantitative estimate of drug-likeness (QED) is 0.147. The van der Waals surface area contributed by atoms with Gasteiger partial charge in [-0.2, -0.15) is 11.3 Å². The average Bonchev–Trinajstić information content (AvgIpc) is 3.62. The van der Waals surface area contributed by atoms with Gasteiger partial charge in [0.2, 0.25) is 0 Å². The minimum Gasteiger partial charge on any atom is -0.494 e. The van der Waals surface area contributed by atoms with Crippen LogP contribution >= 0.6 is 38.6 Å². The van der Waals surface area contributed by atoms with Crippen molar-refractivity contribution in [1.82, 2.24) is 0 Å². The largest absolute Gasteiger partial charge is 0.499 e. The third kappa shape index (κ3) is 12.2. The molecular formula is C28H34BBrO4S2. The van der Waals surface area contributed by atoms with Crippen LogP contribution in [0.2, 0.25) is 0 Å². The molecule has 0 aliphatic carbocycles. The summed E-state index contributed by atoms with van der Waals surface area (Å²) < 4.78 is 12.8. The van der Waals surface area contributed by atoms with Crippen LogP contribution in [-0.2, 0) is 0 Å². The lowest BCUT2D eigenvalue weighted by molar-refractivity contribution is 0.309. The van der Waals surface area contributed by atoms with E-state index in [0.717, 1.165) is 42.0 Å². The Labute approximate surface area is 231 Å². The second-order valence-corrected chi connectivity index (χ2v) is 10.6. The lowest BCUT2D eigenvalue weighted by atomic mass is 9.90. The van der Waals surface area contributed by atoms with Gasteiger partial charge in [-0.15, -0.1) is 11.3 Å². The number of rotatable bonds is 10. The number of thiophene rings is 2. The van der Waals surface area contributed by atoms with E-state index in [-0.39, 0.29) is 0 Å². The van der Waals surface area contributed by atoms with E-state index >= 15 is 0 Å². The molecule has 2 heterocycles. The van der Waals surface area contributed by atoms with Crippen molar-refractivity contribution in [1.29, 1.82) is 0 Å². The zero-order valence-electron chi connectivity index (χ0n) is 20.8. The fourth-order valence-electron chi connectivity index (χ4n) is 2.80. The standard InChI is InChI=1S/C14H16OS.C10H13BrO.C4H5BO2S/c1-2-3-10-15-13-8-6-12(7-9-13)14-5-4-11-16-14;1-2-3-8-12-10-6-4-9(11)5-7-10;6-5(7)4-2-1-3-8-4/h4-9,11H,2-3,10H2,1H3;4-7H,2-3,8H2,1H3;1-3,6-7H. The summed E-state index contributed by atoms with van der Waals surface area (Å²) in [4.78, 5) is 1.31. The Morgan fingerprint density at radius 2 is 1.25 bits per heavy atom. The number of halogens is 1. The Hall–Kier alpha value is -2.10. The molecule has 8 heteroatoms. The average molecular weight is 589 g/mol. The molecule has 0 aliphatic rings. The molecule has 0 atom stereocenters. The summed E-state index contributed by atoms with van der Waals surface area (Å²) in [5.41, 5.74) is 1.26. The third-order valence-corrected chi connectivity index (χ3v) is 7.16. The zero-order chi connectivity index (χ0) is 26.0. The predicted molar refractivity (Wildman–Crippen MR) is 159 cm³/mol. The van der Waals surface area contributed by atoms with Gasteiger partial charge in [-0.25, -0.2) is 0 Å². The first-order chi connectivity index (χ1) is 17.5. The minimum absolute atomic E-state index is 0.588. The van der Waals surface area contributed by atoms with E-state index in [2.05, 4.69) is 59.4 Å². The Kier molecular flexibility index (Phi) is 15.2. The summed E-state index contributed by atoms with van der Waals surface area (Å²) in [5.74, 6) is 1.92.